The van der Waals surface area contributed by atoms with Crippen molar-refractivity contribution in [3.8, 4) is 0 Å². The average molecular weight is 259 g/mol. The van der Waals surface area contributed by atoms with Crippen molar-refractivity contribution >= 4 is 23.2 Å². The highest BCUT2D eigenvalue weighted by Gasteiger charge is 2.10. The number of halogens is 2. The van der Waals surface area contributed by atoms with Crippen LogP contribution in [0.1, 0.15) is 44.6 Å². The molecule has 0 saturated heterocycles. The Labute approximate surface area is 109 Å². The third kappa shape index (κ3) is 4.76. The van der Waals surface area contributed by atoms with E-state index in [0.717, 1.165) is 10.9 Å². The molecule has 0 aliphatic rings. The van der Waals surface area contributed by atoms with Gasteiger partial charge in [-0.05, 0) is 36.0 Å². The Morgan fingerprint density at radius 2 is 1.69 bits per heavy atom. The molecule has 16 heavy (non-hydrogen) atoms. The molecule has 0 spiro atoms. The molecule has 0 N–H and O–H groups in total. The summed E-state index contributed by atoms with van der Waals surface area (Å²) in [5, 5.41) is 0.791. The Morgan fingerprint density at radius 3 is 2.19 bits per heavy atom. The van der Waals surface area contributed by atoms with Crippen LogP contribution in [0.2, 0.25) is 5.02 Å². The second-order valence-electron chi connectivity index (χ2n) is 4.73. The van der Waals surface area contributed by atoms with Gasteiger partial charge in [-0.3, -0.25) is 0 Å². The maximum atomic E-state index is 6.02. The van der Waals surface area contributed by atoms with Crippen molar-refractivity contribution in [3.05, 3.63) is 34.9 Å². The van der Waals surface area contributed by atoms with Crippen molar-refractivity contribution in [2.24, 2.45) is 5.92 Å². The first-order valence-corrected chi connectivity index (χ1v) is 6.86. The Bertz CT molecular complexity index is 290. The third-order valence-electron chi connectivity index (χ3n) is 2.86. The lowest BCUT2D eigenvalue weighted by Crippen LogP contribution is -2.01. The van der Waals surface area contributed by atoms with Gasteiger partial charge < -0.3 is 0 Å². The molecule has 0 fully saturated rings. The molecule has 2 heteroatoms. The summed E-state index contributed by atoms with van der Waals surface area (Å²) < 4.78 is 0. The first-order valence-electron chi connectivity index (χ1n) is 5.95. The molecule has 0 radical (unpaired) electrons. The van der Waals surface area contributed by atoms with Gasteiger partial charge in [0.25, 0.3) is 0 Å². The zero-order valence-corrected chi connectivity index (χ0v) is 11.6. The van der Waals surface area contributed by atoms with Crippen LogP contribution in [0.15, 0.2) is 24.3 Å². The van der Waals surface area contributed by atoms with Gasteiger partial charge in [0.2, 0.25) is 0 Å². The van der Waals surface area contributed by atoms with Crippen LogP contribution in [0.3, 0.4) is 0 Å². The van der Waals surface area contributed by atoms with Gasteiger partial charge in [0.1, 0.15) is 0 Å². The minimum atomic E-state index is 0.470. The molecule has 0 nitrogen and oxygen atoms in total. The number of hydrogen-bond acceptors (Lipinski definition) is 0. The topological polar surface area (TPSA) is 0 Å². The molecule has 0 bridgehead atoms. The Balaban J connectivity index is 2.50. The SMILES string of the molecule is CC(C)CCCC(CCl)c1ccc(Cl)cc1. The predicted molar refractivity (Wildman–Crippen MR) is 73.6 cm³/mol. The highest BCUT2D eigenvalue weighted by atomic mass is 35.5. The van der Waals surface area contributed by atoms with Crippen LogP contribution in [0.4, 0.5) is 0 Å². The Hall–Kier alpha value is -0.200. The molecule has 1 aromatic carbocycles. The van der Waals surface area contributed by atoms with Gasteiger partial charge in [-0.1, -0.05) is 50.4 Å². The van der Waals surface area contributed by atoms with E-state index in [2.05, 4.69) is 26.0 Å². The lowest BCUT2D eigenvalue weighted by Gasteiger charge is -2.15. The summed E-state index contributed by atoms with van der Waals surface area (Å²) in [6, 6.07) is 8.06. The lowest BCUT2D eigenvalue weighted by molar-refractivity contribution is 0.514. The molecule has 0 heterocycles. The maximum Gasteiger partial charge on any atom is 0.0406 e. The highest BCUT2D eigenvalue weighted by molar-refractivity contribution is 6.30. The maximum absolute atomic E-state index is 6.02. The van der Waals surface area contributed by atoms with Crippen molar-refractivity contribution in [3.63, 3.8) is 0 Å². The van der Waals surface area contributed by atoms with Crippen LogP contribution in [-0.2, 0) is 0 Å². The zero-order chi connectivity index (χ0) is 12.0. The molecule has 0 saturated carbocycles. The molecule has 90 valence electrons. The van der Waals surface area contributed by atoms with E-state index in [1.54, 1.807) is 0 Å². The summed E-state index contributed by atoms with van der Waals surface area (Å²) in [6.45, 7) is 4.52. The third-order valence-corrected chi connectivity index (χ3v) is 3.49. The molecule has 0 aromatic heterocycles. The zero-order valence-electron chi connectivity index (χ0n) is 10.0. The minimum absolute atomic E-state index is 0.470. The van der Waals surface area contributed by atoms with E-state index in [1.807, 2.05) is 12.1 Å². The fourth-order valence-corrected chi connectivity index (χ4v) is 2.30. The number of benzene rings is 1. The molecular weight excluding hydrogens is 239 g/mol. The average Bonchev–Trinajstić information content (AvgIpc) is 2.26. The van der Waals surface area contributed by atoms with Gasteiger partial charge in [0, 0.05) is 10.9 Å². The fraction of sp³-hybridized carbons (Fsp3) is 0.571. The molecule has 0 aliphatic heterocycles. The summed E-state index contributed by atoms with van der Waals surface area (Å²) in [5.74, 6) is 1.94. The van der Waals surface area contributed by atoms with Crippen LogP contribution in [0.25, 0.3) is 0 Å². The summed E-state index contributed by atoms with van der Waals surface area (Å²) >= 11 is 11.9. The molecule has 1 unspecified atom stereocenters. The van der Waals surface area contributed by atoms with E-state index < -0.39 is 0 Å². The van der Waals surface area contributed by atoms with E-state index >= 15 is 0 Å². The number of rotatable bonds is 6. The summed E-state index contributed by atoms with van der Waals surface area (Å²) in [4.78, 5) is 0. The quantitative estimate of drug-likeness (QED) is 0.592. The van der Waals surface area contributed by atoms with Gasteiger partial charge in [0.15, 0.2) is 0 Å². The van der Waals surface area contributed by atoms with E-state index in [0.29, 0.717) is 11.8 Å². The minimum Gasteiger partial charge on any atom is -0.126 e. The molecule has 1 rings (SSSR count). The lowest BCUT2D eigenvalue weighted by atomic mass is 9.93. The first-order chi connectivity index (χ1) is 7.63. The van der Waals surface area contributed by atoms with Gasteiger partial charge in [-0.2, -0.15) is 0 Å². The van der Waals surface area contributed by atoms with Gasteiger partial charge in [0.05, 0.1) is 0 Å². The van der Waals surface area contributed by atoms with Crippen molar-refractivity contribution in [2.75, 3.05) is 5.88 Å². The van der Waals surface area contributed by atoms with Crippen LogP contribution >= 0.6 is 23.2 Å². The molecule has 1 atom stereocenters. The van der Waals surface area contributed by atoms with Gasteiger partial charge in [-0.15, -0.1) is 11.6 Å². The monoisotopic (exact) mass is 258 g/mol. The van der Waals surface area contributed by atoms with E-state index in [9.17, 15) is 0 Å². The van der Waals surface area contributed by atoms with Crippen LogP contribution in [0, 0.1) is 5.92 Å². The normalized spacial score (nSPS) is 13.1. The van der Waals surface area contributed by atoms with Crippen LogP contribution in [-0.4, -0.2) is 5.88 Å². The van der Waals surface area contributed by atoms with Gasteiger partial charge in [-0.25, -0.2) is 0 Å². The summed E-state index contributed by atoms with van der Waals surface area (Å²) in [6.07, 6.45) is 3.70. The first kappa shape index (κ1) is 13.9. The highest BCUT2D eigenvalue weighted by Crippen LogP contribution is 2.25. The van der Waals surface area contributed by atoms with Crippen molar-refractivity contribution in [2.45, 2.75) is 39.0 Å². The van der Waals surface area contributed by atoms with Crippen LogP contribution < -0.4 is 0 Å². The predicted octanol–water partition coefficient (Wildman–Crippen LogP) is 5.49. The smallest absolute Gasteiger partial charge is 0.0406 e. The number of hydrogen-bond donors (Lipinski definition) is 0. The largest absolute Gasteiger partial charge is 0.126 e. The molecular formula is C14H20Cl2. The Kier molecular flexibility index (Phi) is 6.23. The standard InChI is InChI=1S/C14H20Cl2/c1-11(2)4-3-5-13(10-15)12-6-8-14(16)9-7-12/h6-9,11,13H,3-5,10H2,1-2H3. The van der Waals surface area contributed by atoms with Crippen LogP contribution in [0.5, 0.6) is 0 Å². The fourth-order valence-electron chi connectivity index (χ4n) is 1.84. The van der Waals surface area contributed by atoms with E-state index in [1.165, 1.54) is 24.8 Å². The molecule has 0 amide bonds. The second-order valence-corrected chi connectivity index (χ2v) is 5.47. The van der Waals surface area contributed by atoms with Crippen molar-refractivity contribution in [1.29, 1.82) is 0 Å². The van der Waals surface area contributed by atoms with E-state index in [4.69, 9.17) is 23.2 Å². The van der Waals surface area contributed by atoms with E-state index in [-0.39, 0.29) is 0 Å². The molecule has 1 aromatic rings. The second kappa shape index (κ2) is 7.19. The number of alkyl halides is 1. The summed E-state index contributed by atoms with van der Waals surface area (Å²) in [5.41, 5.74) is 1.31. The van der Waals surface area contributed by atoms with Crippen molar-refractivity contribution in [1.82, 2.24) is 0 Å². The van der Waals surface area contributed by atoms with Crippen molar-refractivity contribution < 1.29 is 0 Å². The van der Waals surface area contributed by atoms with Gasteiger partial charge >= 0.3 is 0 Å². The summed E-state index contributed by atoms with van der Waals surface area (Å²) in [7, 11) is 0. The molecule has 0 aliphatic carbocycles. The Morgan fingerprint density at radius 1 is 1.06 bits per heavy atom.